The van der Waals surface area contributed by atoms with Gasteiger partial charge in [0.25, 0.3) is 5.91 Å². The molecule has 0 N–H and O–H groups in total. The van der Waals surface area contributed by atoms with E-state index in [0.29, 0.717) is 37.2 Å². The van der Waals surface area contributed by atoms with Gasteiger partial charge in [0.2, 0.25) is 0 Å². The monoisotopic (exact) mass is 403 g/mol. The van der Waals surface area contributed by atoms with E-state index in [4.69, 9.17) is 4.74 Å². The molecule has 1 aromatic heterocycles. The van der Waals surface area contributed by atoms with E-state index in [9.17, 15) is 9.59 Å². The second-order valence-corrected chi connectivity index (χ2v) is 7.58. The summed E-state index contributed by atoms with van der Waals surface area (Å²) in [7, 11) is 1.61. The zero-order valence-electron chi connectivity index (χ0n) is 17.2. The van der Waals surface area contributed by atoms with E-state index < -0.39 is 0 Å². The Labute approximate surface area is 176 Å². The largest absolute Gasteiger partial charge is 0.497 e. The molecule has 1 aliphatic rings. The predicted octanol–water partition coefficient (Wildman–Crippen LogP) is 3.92. The van der Waals surface area contributed by atoms with Gasteiger partial charge in [-0.25, -0.2) is 4.68 Å². The number of rotatable bonds is 5. The normalized spacial score (nSPS) is 14.5. The molecule has 30 heavy (non-hydrogen) atoms. The summed E-state index contributed by atoms with van der Waals surface area (Å²) in [5.41, 5.74) is 2.97. The van der Waals surface area contributed by atoms with Crippen LogP contribution in [0.15, 0.2) is 60.7 Å². The third-order valence-electron chi connectivity index (χ3n) is 5.63. The smallest absolute Gasteiger partial charge is 0.274 e. The molecule has 2 aromatic carbocycles. The first kappa shape index (κ1) is 19.9. The van der Waals surface area contributed by atoms with Gasteiger partial charge in [-0.3, -0.25) is 9.59 Å². The molecule has 1 saturated heterocycles. The maximum absolute atomic E-state index is 13.0. The Hall–Kier alpha value is -3.41. The summed E-state index contributed by atoms with van der Waals surface area (Å²) in [5, 5.41) is 4.52. The fourth-order valence-corrected chi connectivity index (χ4v) is 3.91. The zero-order chi connectivity index (χ0) is 21.1. The fraction of sp³-hybridized carbons (Fsp3) is 0.292. The number of aromatic nitrogens is 2. The minimum absolute atomic E-state index is 0.0638. The third kappa shape index (κ3) is 3.99. The van der Waals surface area contributed by atoms with Gasteiger partial charge in [0.05, 0.1) is 12.8 Å². The van der Waals surface area contributed by atoms with Gasteiger partial charge in [-0.15, -0.1) is 0 Å². The molecule has 0 atom stereocenters. The van der Waals surface area contributed by atoms with Gasteiger partial charge in [0.15, 0.2) is 11.5 Å². The lowest BCUT2D eigenvalue weighted by molar-refractivity contribution is 0.0645. The van der Waals surface area contributed by atoms with Crippen LogP contribution < -0.4 is 4.74 Å². The molecule has 2 heterocycles. The number of aryl methyl sites for hydroxylation is 1. The van der Waals surface area contributed by atoms with Gasteiger partial charge >= 0.3 is 0 Å². The zero-order valence-corrected chi connectivity index (χ0v) is 17.2. The van der Waals surface area contributed by atoms with Crippen molar-refractivity contribution >= 4 is 11.7 Å². The Morgan fingerprint density at radius 1 is 1.00 bits per heavy atom. The number of hydrogen-bond donors (Lipinski definition) is 0. The van der Waals surface area contributed by atoms with Gasteiger partial charge in [-0.05, 0) is 62.2 Å². The first-order chi connectivity index (χ1) is 14.6. The maximum Gasteiger partial charge on any atom is 0.274 e. The van der Waals surface area contributed by atoms with Crippen LogP contribution in [0.4, 0.5) is 0 Å². The van der Waals surface area contributed by atoms with Crippen molar-refractivity contribution in [1.82, 2.24) is 14.7 Å². The molecule has 4 rings (SSSR count). The summed E-state index contributed by atoms with van der Waals surface area (Å²) in [6.45, 7) is 3.06. The van der Waals surface area contributed by atoms with Crippen LogP contribution in [0.3, 0.4) is 0 Å². The lowest BCUT2D eigenvalue weighted by Gasteiger charge is -2.30. The molecule has 0 spiro atoms. The van der Waals surface area contributed by atoms with E-state index in [-0.39, 0.29) is 17.6 Å². The number of para-hydroxylation sites is 1. The summed E-state index contributed by atoms with van der Waals surface area (Å²) in [6, 6.07) is 18.8. The van der Waals surface area contributed by atoms with Gasteiger partial charge in [0, 0.05) is 30.3 Å². The summed E-state index contributed by atoms with van der Waals surface area (Å²) in [6.07, 6.45) is 1.32. The van der Waals surface area contributed by atoms with Gasteiger partial charge in [-0.2, -0.15) is 5.10 Å². The number of benzene rings is 2. The lowest BCUT2D eigenvalue weighted by Crippen LogP contribution is -2.40. The molecule has 1 amide bonds. The predicted molar refractivity (Wildman–Crippen MR) is 114 cm³/mol. The molecule has 0 bridgehead atoms. The summed E-state index contributed by atoms with van der Waals surface area (Å²) in [4.78, 5) is 27.6. The van der Waals surface area contributed by atoms with Gasteiger partial charge in [-0.1, -0.05) is 18.2 Å². The van der Waals surface area contributed by atoms with E-state index in [2.05, 4.69) is 5.10 Å². The van der Waals surface area contributed by atoms with E-state index in [1.807, 2.05) is 43.3 Å². The minimum Gasteiger partial charge on any atom is -0.497 e. The highest BCUT2D eigenvalue weighted by Crippen LogP contribution is 2.24. The highest BCUT2D eigenvalue weighted by molar-refractivity contribution is 5.98. The lowest BCUT2D eigenvalue weighted by atomic mass is 9.89. The van der Waals surface area contributed by atoms with Crippen molar-refractivity contribution < 1.29 is 14.3 Å². The number of nitrogens with zero attached hydrogens (tertiary/aromatic N) is 3. The quantitative estimate of drug-likeness (QED) is 0.606. The van der Waals surface area contributed by atoms with E-state index in [1.54, 1.807) is 41.0 Å². The van der Waals surface area contributed by atoms with Crippen molar-refractivity contribution in [3.8, 4) is 11.4 Å². The van der Waals surface area contributed by atoms with Crippen molar-refractivity contribution in [3.63, 3.8) is 0 Å². The Balaban J connectivity index is 1.40. The van der Waals surface area contributed by atoms with Gasteiger partial charge in [0.1, 0.15) is 5.75 Å². The highest BCUT2D eigenvalue weighted by atomic mass is 16.5. The first-order valence-electron chi connectivity index (χ1n) is 10.2. The van der Waals surface area contributed by atoms with Crippen LogP contribution in [0.1, 0.15) is 39.4 Å². The number of ketones is 1. The second kappa shape index (κ2) is 8.53. The Bertz CT molecular complexity index is 1030. The van der Waals surface area contributed by atoms with E-state index in [0.717, 1.165) is 17.1 Å². The van der Waals surface area contributed by atoms with Crippen molar-refractivity contribution in [2.45, 2.75) is 19.8 Å². The van der Waals surface area contributed by atoms with Crippen LogP contribution in [-0.4, -0.2) is 46.6 Å². The number of carbonyl (C=O) groups excluding carboxylic acids is 2. The molecule has 1 aliphatic heterocycles. The summed E-state index contributed by atoms with van der Waals surface area (Å²) >= 11 is 0. The van der Waals surface area contributed by atoms with Crippen LogP contribution in [0, 0.1) is 12.8 Å². The number of Topliss-reactive ketones (excluding diaryl/α,β-unsaturated/α-hetero) is 1. The van der Waals surface area contributed by atoms with Crippen LogP contribution in [0.25, 0.3) is 5.69 Å². The Morgan fingerprint density at radius 3 is 2.30 bits per heavy atom. The maximum atomic E-state index is 13.0. The number of ether oxygens (including phenoxy) is 1. The van der Waals surface area contributed by atoms with Crippen LogP contribution >= 0.6 is 0 Å². The molecule has 0 saturated carbocycles. The molecule has 1 fully saturated rings. The second-order valence-electron chi connectivity index (χ2n) is 7.58. The first-order valence-corrected chi connectivity index (χ1v) is 10.2. The molecular formula is C24H25N3O3. The van der Waals surface area contributed by atoms with Crippen molar-refractivity contribution in [1.29, 1.82) is 0 Å². The molecular weight excluding hydrogens is 378 g/mol. The molecule has 0 aliphatic carbocycles. The molecule has 6 nitrogen and oxygen atoms in total. The van der Waals surface area contributed by atoms with Crippen molar-refractivity contribution in [3.05, 3.63) is 77.6 Å². The Morgan fingerprint density at radius 2 is 1.67 bits per heavy atom. The number of likely N-dealkylation sites (tertiary alicyclic amines) is 1. The van der Waals surface area contributed by atoms with Crippen LogP contribution in [0.2, 0.25) is 0 Å². The van der Waals surface area contributed by atoms with Crippen LogP contribution in [-0.2, 0) is 0 Å². The van der Waals surface area contributed by atoms with Crippen molar-refractivity contribution in [2.75, 3.05) is 20.2 Å². The SMILES string of the molecule is COc1ccc(C(=O)C2CCN(C(=O)c3cc(C)n(-c4ccccc4)n3)CC2)cc1. The molecule has 154 valence electrons. The topological polar surface area (TPSA) is 64.4 Å². The molecule has 0 unspecified atom stereocenters. The third-order valence-corrected chi connectivity index (χ3v) is 5.63. The average molecular weight is 403 g/mol. The summed E-state index contributed by atoms with van der Waals surface area (Å²) < 4.78 is 6.94. The van der Waals surface area contributed by atoms with Crippen LogP contribution in [0.5, 0.6) is 5.75 Å². The molecule has 0 radical (unpaired) electrons. The fourth-order valence-electron chi connectivity index (χ4n) is 3.91. The average Bonchev–Trinajstić information content (AvgIpc) is 3.20. The Kier molecular flexibility index (Phi) is 5.65. The van der Waals surface area contributed by atoms with Gasteiger partial charge < -0.3 is 9.64 Å². The number of hydrogen-bond acceptors (Lipinski definition) is 4. The molecule has 3 aromatic rings. The number of piperidine rings is 1. The van der Waals surface area contributed by atoms with E-state index in [1.165, 1.54) is 0 Å². The number of amides is 1. The summed E-state index contributed by atoms with van der Waals surface area (Å²) in [5.74, 6) is 0.723. The van der Waals surface area contributed by atoms with E-state index >= 15 is 0 Å². The minimum atomic E-state index is -0.0804. The number of methoxy groups -OCH3 is 1. The standard InChI is InChI=1S/C24H25N3O3/c1-17-16-22(25-27(17)20-6-4-3-5-7-20)24(29)26-14-12-19(13-15-26)23(28)18-8-10-21(30-2)11-9-18/h3-11,16,19H,12-15H2,1-2H3. The van der Waals surface area contributed by atoms with Crippen molar-refractivity contribution in [2.24, 2.45) is 5.92 Å². The highest BCUT2D eigenvalue weighted by Gasteiger charge is 2.29. The number of carbonyl (C=O) groups is 2. The molecule has 6 heteroatoms.